The molecule has 1 heterocycles. The maximum absolute atomic E-state index is 4.33. The topological polar surface area (TPSA) is 41.0 Å². The third-order valence-corrected chi connectivity index (χ3v) is 3.59. The highest BCUT2D eigenvalue weighted by Crippen LogP contribution is 2.25. The van der Waals surface area contributed by atoms with Crippen molar-refractivity contribution < 1.29 is 0 Å². The number of anilines is 1. The molecule has 0 bridgehead atoms. The first-order valence-corrected chi connectivity index (χ1v) is 7.00. The average Bonchev–Trinajstić information content (AvgIpc) is 2.34. The fourth-order valence-corrected chi connectivity index (χ4v) is 1.72. The van der Waals surface area contributed by atoms with Crippen LogP contribution in [0, 0.1) is 5.41 Å². The molecule has 0 aliphatic heterocycles. The summed E-state index contributed by atoms with van der Waals surface area (Å²) >= 11 is 0. The summed E-state index contributed by atoms with van der Waals surface area (Å²) in [5.74, 6) is 0.927. The molecule has 1 aromatic heterocycles. The molecule has 0 aromatic carbocycles. The molecular weight excluding hydrogens is 236 g/mol. The molecule has 0 saturated carbocycles. The molecule has 1 atom stereocenters. The predicted molar refractivity (Wildman–Crippen MR) is 81.3 cm³/mol. The van der Waals surface area contributed by atoms with E-state index in [0.717, 1.165) is 18.1 Å². The lowest BCUT2D eigenvalue weighted by Crippen LogP contribution is -2.40. The maximum Gasteiger partial charge on any atom is 0.151 e. The summed E-state index contributed by atoms with van der Waals surface area (Å²) in [7, 11) is 2.08. The van der Waals surface area contributed by atoms with E-state index in [0.29, 0.717) is 12.1 Å². The predicted octanol–water partition coefficient (Wildman–Crippen LogP) is 2.85. The van der Waals surface area contributed by atoms with Crippen LogP contribution in [0.25, 0.3) is 0 Å². The van der Waals surface area contributed by atoms with Gasteiger partial charge in [-0.05, 0) is 24.5 Å². The van der Waals surface area contributed by atoms with Gasteiger partial charge in [-0.2, -0.15) is 5.10 Å². The number of aromatic nitrogens is 2. The van der Waals surface area contributed by atoms with E-state index in [4.69, 9.17) is 0 Å². The first-order chi connectivity index (χ1) is 8.71. The second-order valence-electron chi connectivity index (χ2n) is 6.57. The third kappa shape index (κ3) is 4.78. The lowest BCUT2D eigenvalue weighted by Gasteiger charge is -2.35. The smallest absolute Gasteiger partial charge is 0.151 e. The maximum atomic E-state index is 4.33. The van der Waals surface area contributed by atoms with Gasteiger partial charge < -0.3 is 10.2 Å². The van der Waals surface area contributed by atoms with Crippen molar-refractivity contribution in [1.29, 1.82) is 0 Å². The molecule has 19 heavy (non-hydrogen) atoms. The molecule has 1 aromatic rings. The van der Waals surface area contributed by atoms with Crippen molar-refractivity contribution in [2.45, 2.75) is 60.2 Å². The van der Waals surface area contributed by atoms with Crippen LogP contribution in [0.3, 0.4) is 0 Å². The zero-order chi connectivity index (χ0) is 14.6. The molecule has 0 radical (unpaired) electrons. The second kappa shape index (κ2) is 6.33. The Hall–Kier alpha value is -1.16. The molecule has 0 amide bonds. The van der Waals surface area contributed by atoms with Crippen LogP contribution < -0.4 is 10.2 Å². The van der Waals surface area contributed by atoms with Gasteiger partial charge in [0.1, 0.15) is 0 Å². The highest BCUT2D eigenvalue weighted by molar-refractivity contribution is 5.37. The van der Waals surface area contributed by atoms with Crippen LogP contribution in [0.5, 0.6) is 0 Å². The molecule has 0 saturated heterocycles. The Kier molecular flexibility index (Phi) is 5.29. The van der Waals surface area contributed by atoms with Crippen molar-refractivity contribution in [3.63, 3.8) is 0 Å². The van der Waals surface area contributed by atoms with Crippen molar-refractivity contribution in [2.24, 2.45) is 5.41 Å². The fraction of sp³-hybridized carbons (Fsp3) is 0.733. The van der Waals surface area contributed by atoms with Crippen molar-refractivity contribution in [1.82, 2.24) is 15.5 Å². The summed E-state index contributed by atoms with van der Waals surface area (Å²) in [5, 5.41) is 12.0. The van der Waals surface area contributed by atoms with Crippen molar-refractivity contribution in [3.8, 4) is 0 Å². The standard InChI is InChI=1S/C15H28N4/c1-11(2)16-10-13-8-9-14(18-17-13)19(7)12(3)15(4,5)6/h8-9,11-12,16H,10H2,1-7H3. The number of nitrogens with one attached hydrogen (secondary N) is 1. The van der Waals surface area contributed by atoms with E-state index in [-0.39, 0.29) is 5.41 Å². The van der Waals surface area contributed by atoms with Crippen LogP contribution in [0.15, 0.2) is 12.1 Å². The summed E-state index contributed by atoms with van der Waals surface area (Å²) in [6.07, 6.45) is 0. The van der Waals surface area contributed by atoms with E-state index >= 15 is 0 Å². The van der Waals surface area contributed by atoms with E-state index in [1.54, 1.807) is 0 Å². The normalized spacial score (nSPS) is 13.7. The van der Waals surface area contributed by atoms with Gasteiger partial charge in [0.05, 0.1) is 5.69 Å². The molecule has 0 aliphatic rings. The lowest BCUT2D eigenvalue weighted by molar-refractivity contribution is 0.328. The molecule has 0 fully saturated rings. The number of rotatable bonds is 5. The van der Waals surface area contributed by atoms with Crippen molar-refractivity contribution in [3.05, 3.63) is 17.8 Å². The van der Waals surface area contributed by atoms with Crippen LogP contribution in [0.2, 0.25) is 0 Å². The second-order valence-corrected chi connectivity index (χ2v) is 6.57. The Morgan fingerprint density at radius 2 is 1.79 bits per heavy atom. The van der Waals surface area contributed by atoms with E-state index in [9.17, 15) is 0 Å². The van der Waals surface area contributed by atoms with Gasteiger partial charge in [-0.15, -0.1) is 5.10 Å². The summed E-state index contributed by atoms with van der Waals surface area (Å²) in [4.78, 5) is 2.19. The third-order valence-electron chi connectivity index (χ3n) is 3.59. The summed E-state index contributed by atoms with van der Waals surface area (Å²) in [6, 6.07) is 4.96. The van der Waals surface area contributed by atoms with Gasteiger partial charge in [0.2, 0.25) is 0 Å². The SMILES string of the molecule is CC(C)NCc1ccc(N(C)C(C)C(C)(C)C)nn1. The first-order valence-electron chi connectivity index (χ1n) is 7.00. The Bertz CT molecular complexity index is 378. The Labute approximate surface area is 117 Å². The summed E-state index contributed by atoms with van der Waals surface area (Å²) in [6.45, 7) is 14.0. The fourth-order valence-electron chi connectivity index (χ4n) is 1.72. The molecular formula is C15H28N4. The highest BCUT2D eigenvalue weighted by Gasteiger charge is 2.24. The van der Waals surface area contributed by atoms with E-state index in [1.165, 1.54) is 0 Å². The minimum atomic E-state index is 0.217. The van der Waals surface area contributed by atoms with Gasteiger partial charge in [0, 0.05) is 25.7 Å². The largest absolute Gasteiger partial charge is 0.355 e. The summed E-state index contributed by atoms with van der Waals surface area (Å²) in [5.41, 5.74) is 1.20. The zero-order valence-corrected chi connectivity index (χ0v) is 13.4. The molecule has 4 heteroatoms. The number of hydrogen-bond donors (Lipinski definition) is 1. The molecule has 0 aliphatic carbocycles. The molecule has 1 rings (SSSR count). The number of nitrogens with zero attached hydrogens (tertiary/aromatic N) is 3. The van der Waals surface area contributed by atoms with Crippen LogP contribution >= 0.6 is 0 Å². The summed E-state index contributed by atoms with van der Waals surface area (Å²) < 4.78 is 0. The van der Waals surface area contributed by atoms with Gasteiger partial charge >= 0.3 is 0 Å². The molecule has 1 N–H and O–H groups in total. The Balaban J connectivity index is 2.70. The average molecular weight is 264 g/mol. The van der Waals surface area contributed by atoms with Gasteiger partial charge in [0.15, 0.2) is 5.82 Å². The molecule has 1 unspecified atom stereocenters. The van der Waals surface area contributed by atoms with Gasteiger partial charge in [-0.1, -0.05) is 34.6 Å². The minimum Gasteiger partial charge on any atom is -0.355 e. The van der Waals surface area contributed by atoms with E-state index in [2.05, 4.69) is 69.0 Å². The minimum absolute atomic E-state index is 0.217. The van der Waals surface area contributed by atoms with E-state index in [1.807, 2.05) is 12.1 Å². The molecule has 108 valence electrons. The molecule has 4 nitrogen and oxygen atoms in total. The zero-order valence-electron chi connectivity index (χ0n) is 13.4. The van der Waals surface area contributed by atoms with Gasteiger partial charge in [0.25, 0.3) is 0 Å². The van der Waals surface area contributed by atoms with Crippen LogP contribution in [0.4, 0.5) is 5.82 Å². The van der Waals surface area contributed by atoms with Crippen molar-refractivity contribution in [2.75, 3.05) is 11.9 Å². The highest BCUT2D eigenvalue weighted by atomic mass is 15.3. The quantitative estimate of drug-likeness (QED) is 0.888. The van der Waals surface area contributed by atoms with E-state index < -0.39 is 0 Å². The number of hydrogen-bond acceptors (Lipinski definition) is 4. The molecule has 0 spiro atoms. The van der Waals surface area contributed by atoms with Crippen LogP contribution in [0.1, 0.15) is 47.2 Å². The van der Waals surface area contributed by atoms with Crippen LogP contribution in [-0.2, 0) is 6.54 Å². The monoisotopic (exact) mass is 264 g/mol. The Morgan fingerprint density at radius 3 is 2.21 bits per heavy atom. The van der Waals surface area contributed by atoms with Gasteiger partial charge in [-0.3, -0.25) is 0 Å². The lowest BCUT2D eigenvalue weighted by atomic mass is 9.87. The first kappa shape index (κ1) is 15.9. The van der Waals surface area contributed by atoms with Crippen LogP contribution in [-0.4, -0.2) is 29.3 Å². The Morgan fingerprint density at radius 1 is 1.16 bits per heavy atom. The van der Waals surface area contributed by atoms with Crippen molar-refractivity contribution >= 4 is 5.82 Å². The van der Waals surface area contributed by atoms with Gasteiger partial charge in [-0.25, -0.2) is 0 Å².